The lowest BCUT2D eigenvalue weighted by atomic mass is 9.98. The average Bonchev–Trinajstić information content (AvgIpc) is 2.97. The molecule has 2 saturated heterocycles. The van der Waals surface area contributed by atoms with E-state index in [1.807, 2.05) is 0 Å². The standard InChI is InChI=1S/C27H30O17/c28-6-16-20(34)22(36)24(38)26(43-16)40-7-17-21(35)23(37)25(39)27(44-17)42-15-2-8(1-12(32)19(15)33)13-5-11(31)18-10(30)3-9(29)4-14(18)41-13/h1-5,16-17,20-30,32-39H,6-7H2/t16-,17-,20-,21-,22+,23+,24-,25-,26-,27-/m1/s1. The van der Waals surface area contributed by atoms with Crippen LogP contribution in [0.3, 0.4) is 0 Å². The van der Waals surface area contributed by atoms with Crippen molar-refractivity contribution < 1.29 is 79.5 Å². The van der Waals surface area contributed by atoms with Gasteiger partial charge in [0.2, 0.25) is 12.0 Å². The van der Waals surface area contributed by atoms with Crippen LogP contribution in [0.15, 0.2) is 39.5 Å². The minimum atomic E-state index is -1.93. The summed E-state index contributed by atoms with van der Waals surface area (Å²) in [4.78, 5) is 12.6. The van der Waals surface area contributed by atoms with Crippen molar-refractivity contribution in [2.75, 3.05) is 13.2 Å². The molecule has 3 heterocycles. The number of ether oxygens (including phenoxy) is 4. The molecule has 0 spiro atoms. The third-order valence-electron chi connectivity index (χ3n) is 7.32. The summed E-state index contributed by atoms with van der Waals surface area (Å²) in [6.07, 6.45) is -17.0. The molecular weight excluding hydrogens is 596 g/mol. The molecule has 1 aromatic heterocycles. The second kappa shape index (κ2) is 12.3. The van der Waals surface area contributed by atoms with Gasteiger partial charge in [-0.15, -0.1) is 0 Å². The lowest BCUT2D eigenvalue weighted by Crippen LogP contribution is -2.62. The topological polar surface area (TPSA) is 290 Å². The van der Waals surface area contributed by atoms with E-state index in [4.69, 9.17) is 23.4 Å². The van der Waals surface area contributed by atoms with Crippen molar-refractivity contribution in [1.29, 1.82) is 0 Å². The third kappa shape index (κ3) is 5.85. The van der Waals surface area contributed by atoms with Gasteiger partial charge in [-0.25, -0.2) is 0 Å². The van der Waals surface area contributed by atoms with Crippen LogP contribution in [0, 0.1) is 0 Å². The molecule has 0 amide bonds. The van der Waals surface area contributed by atoms with Crippen LogP contribution >= 0.6 is 0 Å². The van der Waals surface area contributed by atoms with E-state index in [9.17, 15) is 61.0 Å². The zero-order chi connectivity index (χ0) is 32.0. The Balaban J connectivity index is 1.38. The normalized spacial score (nSPS) is 32.5. The summed E-state index contributed by atoms with van der Waals surface area (Å²) in [7, 11) is 0. The molecule has 2 aliphatic heterocycles. The lowest BCUT2D eigenvalue weighted by molar-refractivity contribution is -0.323. The van der Waals surface area contributed by atoms with Gasteiger partial charge in [0.1, 0.15) is 77.1 Å². The van der Waals surface area contributed by atoms with E-state index in [2.05, 4.69) is 0 Å². The zero-order valence-electron chi connectivity index (χ0n) is 22.4. The molecule has 2 aliphatic rings. The SMILES string of the molecule is O=c1cc(-c2cc(O)c(O)c(O[C@@H]3O[C@H](CO[C@@H]4O[C@H](CO)[C@@H](O)[C@H](O)[C@H]4O)[C@@H](O)[C@H](O)[C@H]3O)c2)oc2cc(O)cc(O)c12. The van der Waals surface area contributed by atoms with Crippen LogP contribution in [0.5, 0.6) is 28.7 Å². The molecule has 0 saturated carbocycles. The highest BCUT2D eigenvalue weighted by Gasteiger charge is 2.48. The van der Waals surface area contributed by atoms with Gasteiger partial charge < -0.3 is 79.5 Å². The van der Waals surface area contributed by atoms with E-state index < -0.39 is 109 Å². The van der Waals surface area contributed by atoms with Gasteiger partial charge >= 0.3 is 0 Å². The average molecular weight is 627 g/mol. The summed E-state index contributed by atoms with van der Waals surface area (Å²) in [6, 6.07) is 5.06. The van der Waals surface area contributed by atoms with Crippen LogP contribution in [0.2, 0.25) is 0 Å². The van der Waals surface area contributed by atoms with Gasteiger partial charge in [0.15, 0.2) is 23.2 Å². The van der Waals surface area contributed by atoms with Gasteiger partial charge in [0, 0.05) is 23.8 Å². The number of benzene rings is 2. The molecule has 0 bridgehead atoms. The smallest absolute Gasteiger partial charge is 0.229 e. The Bertz CT molecular complexity index is 1560. The predicted octanol–water partition coefficient (Wildman–Crippen LogP) is -2.71. The molecule has 10 atom stereocenters. The first kappa shape index (κ1) is 31.7. The van der Waals surface area contributed by atoms with Gasteiger partial charge in [-0.2, -0.15) is 0 Å². The van der Waals surface area contributed by atoms with E-state index in [0.717, 1.165) is 30.3 Å². The van der Waals surface area contributed by atoms with Crippen LogP contribution in [0.1, 0.15) is 0 Å². The number of aromatic hydroxyl groups is 4. The number of aliphatic hydroxyl groups is 7. The molecule has 0 unspecified atom stereocenters. The molecule has 2 fully saturated rings. The molecule has 44 heavy (non-hydrogen) atoms. The summed E-state index contributed by atoms with van der Waals surface area (Å²) in [5, 5.41) is 111. The Kier molecular flexibility index (Phi) is 8.87. The fourth-order valence-electron chi connectivity index (χ4n) is 4.89. The van der Waals surface area contributed by atoms with Crippen LogP contribution in [0.25, 0.3) is 22.3 Å². The molecule has 240 valence electrons. The van der Waals surface area contributed by atoms with Crippen LogP contribution < -0.4 is 10.2 Å². The summed E-state index contributed by atoms with van der Waals surface area (Å²) in [5.41, 5.74) is -0.963. The highest BCUT2D eigenvalue weighted by atomic mass is 16.7. The van der Waals surface area contributed by atoms with E-state index in [1.54, 1.807) is 0 Å². The van der Waals surface area contributed by atoms with Gasteiger partial charge in [0.05, 0.1) is 13.2 Å². The summed E-state index contributed by atoms with van der Waals surface area (Å²) in [6.45, 7) is -1.37. The van der Waals surface area contributed by atoms with E-state index in [-0.39, 0.29) is 22.3 Å². The second-order valence-corrected chi connectivity index (χ2v) is 10.3. The Morgan fingerprint density at radius 1 is 0.705 bits per heavy atom. The molecule has 3 aromatic rings. The van der Waals surface area contributed by atoms with Crippen molar-refractivity contribution >= 4 is 11.0 Å². The van der Waals surface area contributed by atoms with Crippen molar-refractivity contribution in [3.63, 3.8) is 0 Å². The summed E-state index contributed by atoms with van der Waals surface area (Å²) < 4.78 is 27.3. The first-order valence-electron chi connectivity index (χ1n) is 13.1. The minimum absolute atomic E-state index is 0.0504. The number of aliphatic hydroxyl groups excluding tert-OH is 7. The zero-order valence-corrected chi connectivity index (χ0v) is 22.4. The highest BCUT2D eigenvalue weighted by molar-refractivity contribution is 5.86. The molecular formula is C27H30O17. The third-order valence-corrected chi connectivity index (χ3v) is 7.32. The lowest BCUT2D eigenvalue weighted by Gasteiger charge is -2.42. The maximum atomic E-state index is 12.6. The number of fused-ring (bicyclic) bond motifs is 1. The largest absolute Gasteiger partial charge is 0.508 e. The van der Waals surface area contributed by atoms with Crippen molar-refractivity contribution in [3.8, 4) is 40.1 Å². The molecule has 5 rings (SSSR count). The second-order valence-electron chi connectivity index (χ2n) is 10.3. The molecule has 11 N–H and O–H groups in total. The Hall–Kier alpha value is -3.75. The first-order valence-corrected chi connectivity index (χ1v) is 13.1. The Labute approximate surface area is 246 Å². The highest BCUT2D eigenvalue weighted by Crippen LogP contribution is 2.42. The van der Waals surface area contributed by atoms with Crippen molar-refractivity contribution in [1.82, 2.24) is 0 Å². The number of phenolic OH excluding ortho intramolecular Hbond substituents is 4. The van der Waals surface area contributed by atoms with Crippen LogP contribution in [0.4, 0.5) is 0 Å². The number of hydrogen-bond acceptors (Lipinski definition) is 17. The summed E-state index contributed by atoms with van der Waals surface area (Å²) in [5.74, 6) is -3.29. The fraction of sp³-hybridized carbons (Fsp3) is 0.444. The molecule has 17 heteroatoms. The van der Waals surface area contributed by atoms with E-state index in [1.165, 1.54) is 0 Å². The van der Waals surface area contributed by atoms with Crippen LogP contribution in [-0.4, -0.2) is 131 Å². The molecule has 0 radical (unpaired) electrons. The first-order chi connectivity index (χ1) is 20.8. The van der Waals surface area contributed by atoms with Crippen molar-refractivity contribution in [2.24, 2.45) is 0 Å². The number of hydrogen-bond donors (Lipinski definition) is 11. The predicted molar refractivity (Wildman–Crippen MR) is 142 cm³/mol. The Morgan fingerprint density at radius 3 is 2.02 bits per heavy atom. The molecule has 0 aliphatic carbocycles. The van der Waals surface area contributed by atoms with Gasteiger partial charge in [-0.05, 0) is 12.1 Å². The van der Waals surface area contributed by atoms with Crippen LogP contribution in [-0.2, 0) is 14.2 Å². The maximum absolute atomic E-state index is 12.6. The van der Waals surface area contributed by atoms with Gasteiger partial charge in [0.25, 0.3) is 0 Å². The van der Waals surface area contributed by atoms with Gasteiger partial charge in [-0.3, -0.25) is 4.79 Å². The quantitative estimate of drug-likeness (QED) is 0.119. The van der Waals surface area contributed by atoms with Gasteiger partial charge in [-0.1, -0.05) is 0 Å². The minimum Gasteiger partial charge on any atom is -0.508 e. The maximum Gasteiger partial charge on any atom is 0.229 e. The molecule has 17 nitrogen and oxygen atoms in total. The van der Waals surface area contributed by atoms with E-state index in [0.29, 0.717) is 0 Å². The van der Waals surface area contributed by atoms with Crippen molar-refractivity contribution in [2.45, 2.75) is 61.4 Å². The monoisotopic (exact) mass is 626 g/mol. The van der Waals surface area contributed by atoms with Crippen molar-refractivity contribution in [3.05, 3.63) is 40.6 Å². The number of rotatable bonds is 7. The van der Waals surface area contributed by atoms with E-state index >= 15 is 0 Å². The summed E-state index contributed by atoms with van der Waals surface area (Å²) >= 11 is 0. The molecule has 2 aromatic carbocycles. The number of phenols is 4. The Morgan fingerprint density at radius 2 is 1.34 bits per heavy atom. The fourth-order valence-corrected chi connectivity index (χ4v) is 4.89.